The molecule has 1 aromatic rings. The number of aromatic hydroxyl groups is 1. The summed E-state index contributed by atoms with van der Waals surface area (Å²) < 4.78 is 5.77. The number of rotatable bonds is 5. The molecule has 1 aromatic heterocycles. The van der Waals surface area contributed by atoms with Gasteiger partial charge in [0.15, 0.2) is 0 Å². The molecule has 1 saturated heterocycles. The summed E-state index contributed by atoms with van der Waals surface area (Å²) in [6.07, 6.45) is 1.47. The van der Waals surface area contributed by atoms with Crippen LogP contribution in [0.2, 0.25) is 0 Å². The van der Waals surface area contributed by atoms with E-state index in [0.717, 1.165) is 31.0 Å². The van der Waals surface area contributed by atoms with Gasteiger partial charge in [0.25, 0.3) is 0 Å². The molecule has 1 aliphatic rings. The fourth-order valence-electron chi connectivity index (χ4n) is 2.72. The lowest BCUT2D eigenvalue weighted by Crippen LogP contribution is -2.31. The fraction of sp³-hybridized carbons (Fsp3) is 0.667. The maximum atomic E-state index is 9.74. The Hall–Kier alpha value is -1.13. The number of nitrogens with zero attached hydrogens (tertiary/aromatic N) is 1. The Morgan fingerprint density at radius 2 is 2.26 bits per heavy atom. The zero-order valence-corrected chi connectivity index (χ0v) is 12.0. The largest absolute Gasteiger partial charge is 0.506 e. The van der Waals surface area contributed by atoms with Crippen LogP contribution in [-0.4, -0.2) is 29.3 Å². The van der Waals surface area contributed by atoms with Gasteiger partial charge in [0.05, 0.1) is 11.8 Å². The molecule has 2 N–H and O–H groups in total. The van der Waals surface area contributed by atoms with Crippen LogP contribution in [0, 0.1) is 18.8 Å². The Labute approximate surface area is 115 Å². The predicted molar refractivity (Wildman–Crippen MR) is 75.0 cm³/mol. The standard InChI is InChI=1S/C15H24N2O2/c1-10(2)15-12(6-7-19-15)8-16-9-13-14(18)5-4-11(3)17-13/h4-5,10,12,15-16,18H,6-9H2,1-3H3/t12-,15-/m1/s1. The fourth-order valence-corrected chi connectivity index (χ4v) is 2.72. The van der Waals surface area contributed by atoms with Gasteiger partial charge < -0.3 is 15.2 Å². The van der Waals surface area contributed by atoms with Crippen molar-refractivity contribution in [2.75, 3.05) is 13.2 Å². The molecular weight excluding hydrogens is 240 g/mol. The van der Waals surface area contributed by atoms with E-state index in [4.69, 9.17) is 4.74 Å². The van der Waals surface area contributed by atoms with Crippen molar-refractivity contribution in [2.45, 2.75) is 39.8 Å². The first kappa shape index (κ1) is 14.3. The molecular formula is C15H24N2O2. The zero-order valence-electron chi connectivity index (χ0n) is 12.0. The van der Waals surface area contributed by atoms with Crippen molar-refractivity contribution >= 4 is 0 Å². The van der Waals surface area contributed by atoms with Gasteiger partial charge in [-0.25, -0.2) is 0 Å². The second kappa shape index (κ2) is 6.35. The van der Waals surface area contributed by atoms with Crippen molar-refractivity contribution in [3.05, 3.63) is 23.5 Å². The van der Waals surface area contributed by atoms with Gasteiger partial charge in [0.2, 0.25) is 0 Å². The highest BCUT2D eigenvalue weighted by Gasteiger charge is 2.30. The van der Waals surface area contributed by atoms with Crippen LogP contribution in [0.1, 0.15) is 31.7 Å². The van der Waals surface area contributed by atoms with Crippen molar-refractivity contribution in [1.82, 2.24) is 10.3 Å². The molecule has 2 atom stereocenters. The molecule has 0 radical (unpaired) electrons. The van der Waals surface area contributed by atoms with Crippen molar-refractivity contribution in [2.24, 2.45) is 11.8 Å². The SMILES string of the molecule is Cc1ccc(O)c(CNC[C@H]2CCO[C@@H]2C(C)C)n1. The van der Waals surface area contributed by atoms with Crippen LogP contribution in [0.3, 0.4) is 0 Å². The van der Waals surface area contributed by atoms with Gasteiger partial charge in [0.1, 0.15) is 5.75 Å². The molecule has 0 spiro atoms. The van der Waals surface area contributed by atoms with E-state index in [9.17, 15) is 5.11 Å². The molecule has 0 bridgehead atoms. The molecule has 4 nitrogen and oxygen atoms in total. The van der Waals surface area contributed by atoms with Crippen LogP contribution in [0.5, 0.6) is 5.75 Å². The quantitative estimate of drug-likeness (QED) is 0.856. The third kappa shape index (κ3) is 3.67. The van der Waals surface area contributed by atoms with Crippen LogP contribution < -0.4 is 5.32 Å². The van der Waals surface area contributed by atoms with Gasteiger partial charge >= 0.3 is 0 Å². The average molecular weight is 264 g/mol. The molecule has 2 rings (SSSR count). The van der Waals surface area contributed by atoms with E-state index in [1.165, 1.54) is 0 Å². The molecule has 0 amide bonds. The van der Waals surface area contributed by atoms with E-state index in [2.05, 4.69) is 24.1 Å². The minimum atomic E-state index is 0.265. The second-order valence-electron chi connectivity index (χ2n) is 5.68. The predicted octanol–water partition coefficient (Wildman–Crippen LogP) is 2.25. The van der Waals surface area contributed by atoms with Gasteiger partial charge in [-0.05, 0) is 37.3 Å². The Kier molecular flexibility index (Phi) is 4.77. The van der Waals surface area contributed by atoms with Crippen LogP contribution in [0.15, 0.2) is 12.1 Å². The molecule has 1 aliphatic heterocycles. The Morgan fingerprint density at radius 1 is 1.47 bits per heavy atom. The molecule has 2 heterocycles. The number of hydrogen-bond acceptors (Lipinski definition) is 4. The van der Waals surface area contributed by atoms with Gasteiger partial charge in [-0.1, -0.05) is 13.8 Å². The lowest BCUT2D eigenvalue weighted by atomic mass is 9.93. The van der Waals surface area contributed by atoms with Gasteiger partial charge in [-0.2, -0.15) is 0 Å². The minimum Gasteiger partial charge on any atom is -0.506 e. The summed E-state index contributed by atoms with van der Waals surface area (Å²) in [5.41, 5.74) is 1.65. The Balaban J connectivity index is 1.84. The Morgan fingerprint density at radius 3 is 3.00 bits per heavy atom. The summed E-state index contributed by atoms with van der Waals surface area (Å²) in [5.74, 6) is 1.38. The van der Waals surface area contributed by atoms with Crippen LogP contribution in [0.25, 0.3) is 0 Å². The summed E-state index contributed by atoms with van der Waals surface area (Å²) in [5, 5.41) is 13.1. The van der Waals surface area contributed by atoms with E-state index >= 15 is 0 Å². The summed E-state index contributed by atoms with van der Waals surface area (Å²) in [7, 11) is 0. The van der Waals surface area contributed by atoms with E-state index in [1.54, 1.807) is 6.07 Å². The van der Waals surface area contributed by atoms with E-state index in [0.29, 0.717) is 24.5 Å². The number of ether oxygens (including phenoxy) is 1. The van der Waals surface area contributed by atoms with Gasteiger partial charge in [-0.15, -0.1) is 0 Å². The lowest BCUT2D eigenvalue weighted by Gasteiger charge is -2.22. The Bertz CT molecular complexity index is 421. The molecule has 19 heavy (non-hydrogen) atoms. The highest BCUT2D eigenvalue weighted by atomic mass is 16.5. The summed E-state index contributed by atoms with van der Waals surface area (Å²) in [6, 6.07) is 3.52. The molecule has 106 valence electrons. The van der Waals surface area contributed by atoms with Gasteiger partial charge in [-0.3, -0.25) is 4.98 Å². The third-order valence-electron chi connectivity index (χ3n) is 3.71. The number of pyridine rings is 1. The number of nitrogens with one attached hydrogen (secondary N) is 1. The van der Waals surface area contributed by atoms with E-state index in [-0.39, 0.29) is 5.75 Å². The van der Waals surface area contributed by atoms with Crippen molar-refractivity contribution in [3.63, 3.8) is 0 Å². The monoisotopic (exact) mass is 264 g/mol. The molecule has 0 aliphatic carbocycles. The molecule has 0 saturated carbocycles. The van der Waals surface area contributed by atoms with Gasteiger partial charge in [0, 0.05) is 25.4 Å². The smallest absolute Gasteiger partial charge is 0.138 e. The van der Waals surface area contributed by atoms with E-state index < -0.39 is 0 Å². The maximum absolute atomic E-state index is 9.74. The maximum Gasteiger partial charge on any atom is 0.138 e. The van der Waals surface area contributed by atoms with Crippen molar-refractivity contribution < 1.29 is 9.84 Å². The highest BCUT2D eigenvalue weighted by molar-refractivity contribution is 5.27. The van der Waals surface area contributed by atoms with Crippen LogP contribution >= 0.6 is 0 Å². The number of hydrogen-bond donors (Lipinski definition) is 2. The van der Waals surface area contributed by atoms with Crippen molar-refractivity contribution in [3.8, 4) is 5.75 Å². The van der Waals surface area contributed by atoms with Crippen LogP contribution in [-0.2, 0) is 11.3 Å². The zero-order chi connectivity index (χ0) is 13.8. The summed E-state index contributed by atoms with van der Waals surface area (Å²) in [6.45, 7) is 8.73. The highest BCUT2D eigenvalue weighted by Crippen LogP contribution is 2.26. The second-order valence-corrected chi connectivity index (χ2v) is 5.68. The lowest BCUT2D eigenvalue weighted by molar-refractivity contribution is 0.0539. The first-order valence-corrected chi connectivity index (χ1v) is 7.05. The summed E-state index contributed by atoms with van der Waals surface area (Å²) >= 11 is 0. The molecule has 4 heteroatoms. The number of aromatic nitrogens is 1. The van der Waals surface area contributed by atoms with Crippen molar-refractivity contribution in [1.29, 1.82) is 0 Å². The minimum absolute atomic E-state index is 0.265. The average Bonchev–Trinajstić information content (AvgIpc) is 2.82. The molecule has 0 unspecified atom stereocenters. The first-order chi connectivity index (χ1) is 9.08. The molecule has 0 aromatic carbocycles. The number of aryl methyl sites for hydroxylation is 1. The first-order valence-electron chi connectivity index (χ1n) is 7.05. The van der Waals surface area contributed by atoms with Crippen LogP contribution in [0.4, 0.5) is 0 Å². The third-order valence-corrected chi connectivity index (χ3v) is 3.71. The summed E-state index contributed by atoms with van der Waals surface area (Å²) in [4.78, 5) is 4.35. The normalized spacial score (nSPS) is 23.2. The van der Waals surface area contributed by atoms with E-state index in [1.807, 2.05) is 13.0 Å². The molecule has 1 fully saturated rings. The topological polar surface area (TPSA) is 54.4 Å².